The highest BCUT2D eigenvalue weighted by Gasteiger charge is 2.09. The Morgan fingerprint density at radius 3 is 1.42 bits per heavy atom. The summed E-state index contributed by atoms with van der Waals surface area (Å²) in [5.41, 5.74) is 0. The number of unbranched alkanes of at least 4 members (excludes halogenated alkanes) is 16. The molecule has 0 unspecified atom stereocenters. The largest absolute Gasteiger partial charge is 0.353 e. The zero-order valence-corrected chi connectivity index (χ0v) is 21.8. The number of hydrogen-bond donors (Lipinski definition) is 0. The van der Waals surface area contributed by atoms with Gasteiger partial charge < -0.3 is 9.47 Å². The van der Waals surface area contributed by atoms with Gasteiger partial charge >= 0.3 is 0 Å². The third kappa shape index (κ3) is 25.8. The summed E-state index contributed by atoms with van der Waals surface area (Å²) >= 11 is 0. The van der Waals surface area contributed by atoms with Gasteiger partial charge in [0.15, 0.2) is 6.29 Å². The molecule has 0 aliphatic heterocycles. The topological polar surface area (TPSA) is 18.5 Å². The van der Waals surface area contributed by atoms with E-state index in [2.05, 4.69) is 32.9 Å². The summed E-state index contributed by atoms with van der Waals surface area (Å²) in [6.45, 7) is 8.54. The summed E-state index contributed by atoms with van der Waals surface area (Å²) in [6.07, 6.45) is 32.0. The van der Waals surface area contributed by atoms with Crippen LogP contribution in [0.5, 0.6) is 0 Å². The quantitative estimate of drug-likeness (QED) is 0.0759. The van der Waals surface area contributed by atoms with Crippen LogP contribution in [0.15, 0.2) is 12.2 Å². The van der Waals surface area contributed by atoms with Crippen LogP contribution in [0.25, 0.3) is 0 Å². The molecule has 2 nitrogen and oxygen atoms in total. The van der Waals surface area contributed by atoms with Crippen LogP contribution in [0.4, 0.5) is 0 Å². The van der Waals surface area contributed by atoms with Gasteiger partial charge in [-0.25, -0.2) is 0 Å². The third-order valence-electron chi connectivity index (χ3n) is 6.04. The maximum absolute atomic E-state index is 6.15. The summed E-state index contributed by atoms with van der Waals surface area (Å²) in [5.74, 6) is 0. The molecule has 0 aromatic rings. The molecule has 0 saturated heterocycles. The Kier molecular flexibility index (Phi) is 27.4. The van der Waals surface area contributed by atoms with Crippen LogP contribution < -0.4 is 0 Å². The molecule has 0 aliphatic carbocycles. The van der Waals surface area contributed by atoms with Crippen molar-refractivity contribution in [2.45, 2.75) is 162 Å². The Morgan fingerprint density at radius 1 is 0.452 bits per heavy atom. The lowest BCUT2D eigenvalue weighted by Gasteiger charge is -2.19. The second kappa shape index (κ2) is 27.7. The van der Waals surface area contributed by atoms with Gasteiger partial charge in [-0.3, -0.25) is 0 Å². The fraction of sp³-hybridized carbons (Fsp3) is 0.931. The normalized spacial score (nSPS) is 11.9. The van der Waals surface area contributed by atoms with Crippen molar-refractivity contribution < 1.29 is 9.47 Å². The minimum atomic E-state index is 0.0239. The molecule has 0 N–H and O–H groups in total. The Balaban J connectivity index is 3.87. The second-order valence-corrected chi connectivity index (χ2v) is 9.31. The Bertz CT molecular complexity index is 320. The van der Waals surface area contributed by atoms with Gasteiger partial charge in [-0.1, -0.05) is 123 Å². The molecule has 0 fully saturated rings. The second-order valence-electron chi connectivity index (χ2n) is 9.31. The van der Waals surface area contributed by atoms with Gasteiger partial charge in [0, 0.05) is 13.2 Å². The zero-order valence-electron chi connectivity index (χ0n) is 21.8. The number of rotatable bonds is 26. The van der Waals surface area contributed by atoms with Crippen LogP contribution in [-0.2, 0) is 9.47 Å². The Labute approximate surface area is 196 Å². The van der Waals surface area contributed by atoms with E-state index in [1.54, 1.807) is 0 Å². The summed E-state index contributed by atoms with van der Waals surface area (Å²) in [6, 6.07) is 0. The molecule has 0 heterocycles. The monoisotopic (exact) mass is 438 g/mol. The van der Waals surface area contributed by atoms with Gasteiger partial charge in [0.1, 0.15) is 0 Å². The van der Waals surface area contributed by atoms with E-state index in [1.807, 2.05) is 0 Å². The van der Waals surface area contributed by atoms with E-state index in [-0.39, 0.29) is 6.29 Å². The van der Waals surface area contributed by atoms with E-state index >= 15 is 0 Å². The van der Waals surface area contributed by atoms with Crippen molar-refractivity contribution in [2.75, 3.05) is 13.2 Å². The predicted molar refractivity (Wildman–Crippen MR) is 139 cm³/mol. The van der Waals surface area contributed by atoms with Crippen LogP contribution in [0, 0.1) is 0 Å². The fourth-order valence-corrected chi connectivity index (χ4v) is 3.92. The molecule has 186 valence electrons. The van der Waals surface area contributed by atoms with Crippen LogP contribution in [0.3, 0.4) is 0 Å². The molecule has 0 aromatic carbocycles. The molecular weight excluding hydrogens is 380 g/mol. The molecule has 0 spiro atoms. The van der Waals surface area contributed by atoms with Gasteiger partial charge in [-0.2, -0.15) is 0 Å². The van der Waals surface area contributed by atoms with Crippen molar-refractivity contribution in [3.8, 4) is 0 Å². The smallest absolute Gasteiger partial charge is 0.157 e. The van der Waals surface area contributed by atoms with E-state index in [9.17, 15) is 0 Å². The highest BCUT2D eigenvalue weighted by Crippen LogP contribution is 2.14. The van der Waals surface area contributed by atoms with Crippen molar-refractivity contribution in [1.82, 2.24) is 0 Å². The minimum Gasteiger partial charge on any atom is -0.353 e. The van der Waals surface area contributed by atoms with E-state index in [4.69, 9.17) is 9.47 Å². The first-order chi connectivity index (χ1) is 15.3. The van der Waals surface area contributed by atoms with Gasteiger partial charge in [-0.05, 0) is 44.9 Å². The lowest BCUT2D eigenvalue weighted by atomic mass is 10.1. The summed E-state index contributed by atoms with van der Waals surface area (Å²) in [7, 11) is 0. The number of allylic oxidation sites excluding steroid dienone is 2. The average Bonchev–Trinajstić information content (AvgIpc) is 2.78. The number of hydrogen-bond acceptors (Lipinski definition) is 2. The lowest BCUT2D eigenvalue weighted by Crippen LogP contribution is -2.19. The predicted octanol–water partition coefficient (Wildman–Crippen LogP) is 10.2. The van der Waals surface area contributed by atoms with Crippen molar-refractivity contribution in [2.24, 2.45) is 0 Å². The van der Waals surface area contributed by atoms with Crippen LogP contribution in [0.1, 0.15) is 156 Å². The first-order valence-electron chi connectivity index (χ1n) is 14.2. The van der Waals surface area contributed by atoms with Crippen molar-refractivity contribution >= 4 is 0 Å². The molecule has 0 bridgehead atoms. The van der Waals surface area contributed by atoms with Crippen molar-refractivity contribution in [3.63, 3.8) is 0 Å². The van der Waals surface area contributed by atoms with Crippen LogP contribution in [0.2, 0.25) is 0 Å². The van der Waals surface area contributed by atoms with Crippen molar-refractivity contribution in [3.05, 3.63) is 12.2 Å². The average molecular weight is 439 g/mol. The van der Waals surface area contributed by atoms with E-state index in [0.29, 0.717) is 0 Å². The summed E-state index contributed by atoms with van der Waals surface area (Å²) in [5, 5.41) is 0. The molecule has 0 rings (SSSR count). The van der Waals surface area contributed by atoms with Gasteiger partial charge in [0.05, 0.1) is 0 Å². The molecule has 0 saturated carbocycles. The maximum atomic E-state index is 6.15. The van der Waals surface area contributed by atoms with Gasteiger partial charge in [0.25, 0.3) is 0 Å². The Morgan fingerprint density at radius 2 is 0.903 bits per heavy atom. The van der Waals surface area contributed by atoms with Crippen LogP contribution >= 0.6 is 0 Å². The SMILES string of the molecule is CCC/C=C\CCCCCC(OCCCCCCCCC)OCCCCCCCCC. The standard InChI is InChI=1S/C29H58O2/c1-4-7-10-13-16-17-20-23-26-29(30-27-24-21-18-14-11-8-5-2)31-28-25-22-19-15-12-9-6-3/h10,13,29H,4-9,11-12,14-28H2,1-3H3/b13-10-. The first kappa shape index (κ1) is 30.7. The molecule has 0 atom stereocenters. The van der Waals surface area contributed by atoms with E-state index in [0.717, 1.165) is 19.6 Å². The fourth-order valence-electron chi connectivity index (χ4n) is 3.92. The summed E-state index contributed by atoms with van der Waals surface area (Å²) < 4.78 is 12.3. The Hall–Kier alpha value is -0.340. The molecule has 0 aromatic heterocycles. The summed E-state index contributed by atoms with van der Waals surface area (Å²) in [4.78, 5) is 0. The minimum absolute atomic E-state index is 0.0239. The molecule has 0 radical (unpaired) electrons. The van der Waals surface area contributed by atoms with E-state index in [1.165, 1.54) is 128 Å². The maximum Gasteiger partial charge on any atom is 0.157 e. The molecular formula is C29H58O2. The highest BCUT2D eigenvalue weighted by atomic mass is 16.7. The van der Waals surface area contributed by atoms with Crippen LogP contribution in [-0.4, -0.2) is 19.5 Å². The van der Waals surface area contributed by atoms with Gasteiger partial charge in [0.2, 0.25) is 0 Å². The highest BCUT2D eigenvalue weighted by molar-refractivity contribution is 4.80. The third-order valence-corrected chi connectivity index (χ3v) is 6.04. The molecule has 2 heteroatoms. The lowest BCUT2D eigenvalue weighted by molar-refractivity contribution is -0.148. The van der Waals surface area contributed by atoms with E-state index < -0.39 is 0 Å². The first-order valence-corrected chi connectivity index (χ1v) is 14.2. The zero-order chi connectivity index (χ0) is 22.7. The van der Waals surface area contributed by atoms with Gasteiger partial charge in [-0.15, -0.1) is 0 Å². The molecule has 31 heavy (non-hydrogen) atoms. The van der Waals surface area contributed by atoms with Crippen molar-refractivity contribution in [1.29, 1.82) is 0 Å². The molecule has 0 amide bonds. The number of ether oxygens (including phenoxy) is 2. The molecule has 0 aliphatic rings.